The minimum Gasteiger partial charge on any atom is -0.356 e. The van der Waals surface area contributed by atoms with Crippen molar-refractivity contribution in [3.05, 3.63) is 29.3 Å². The van der Waals surface area contributed by atoms with Crippen LogP contribution in [0.4, 0.5) is 0 Å². The Balaban J connectivity index is 0.00000576. The number of nitrogens with zero attached hydrogens (tertiary/aromatic N) is 2. The summed E-state index contributed by atoms with van der Waals surface area (Å²) >= 11 is 1.73. The number of hydrogen-bond donors (Lipinski definition) is 2. The number of aryl methyl sites for hydroxylation is 1. The number of halogens is 1. The monoisotopic (exact) mass is 478 g/mol. The molecule has 0 aliphatic carbocycles. The first-order chi connectivity index (χ1) is 11.5. The number of aliphatic imine (C=N–C) groups is 1. The highest BCUT2D eigenvalue weighted by Gasteiger charge is 2.07. The van der Waals surface area contributed by atoms with E-state index in [-0.39, 0.29) is 36.4 Å². The van der Waals surface area contributed by atoms with E-state index in [0.29, 0.717) is 12.5 Å². The number of guanidine groups is 1. The molecule has 142 valence electrons. The molecule has 5 nitrogen and oxygen atoms in total. The van der Waals surface area contributed by atoms with Gasteiger partial charge in [0.05, 0.1) is 13.1 Å². The van der Waals surface area contributed by atoms with Crippen LogP contribution in [0.15, 0.2) is 28.1 Å². The average molecular weight is 478 g/mol. The normalized spacial score (nSPS) is 10.8. The fraction of sp³-hybridized carbons (Fsp3) is 0.556. The molecule has 0 spiro atoms. The third kappa shape index (κ3) is 9.34. The van der Waals surface area contributed by atoms with Crippen LogP contribution in [0, 0.1) is 6.92 Å². The quantitative estimate of drug-likeness (QED) is 0.198. The number of thioether (sulfide) groups is 1. The van der Waals surface area contributed by atoms with Gasteiger partial charge in [-0.25, -0.2) is 4.99 Å². The van der Waals surface area contributed by atoms with Crippen molar-refractivity contribution in [3.8, 4) is 0 Å². The van der Waals surface area contributed by atoms with Crippen LogP contribution in [0.25, 0.3) is 0 Å². The van der Waals surface area contributed by atoms with Crippen molar-refractivity contribution in [2.24, 2.45) is 4.99 Å². The number of benzene rings is 1. The highest BCUT2D eigenvalue weighted by Crippen LogP contribution is 2.22. The first-order valence-electron chi connectivity index (χ1n) is 8.33. The molecule has 7 heteroatoms. The van der Waals surface area contributed by atoms with Crippen LogP contribution < -0.4 is 10.6 Å². The van der Waals surface area contributed by atoms with Gasteiger partial charge in [0.2, 0.25) is 5.91 Å². The topological polar surface area (TPSA) is 56.7 Å². The molecule has 2 N–H and O–H groups in total. The summed E-state index contributed by atoms with van der Waals surface area (Å²) in [6, 6.07) is 6.42. The Morgan fingerprint density at radius 2 is 2.00 bits per heavy atom. The van der Waals surface area contributed by atoms with Crippen LogP contribution in [0.3, 0.4) is 0 Å². The minimum absolute atomic E-state index is 0. The summed E-state index contributed by atoms with van der Waals surface area (Å²) in [5.74, 6) is 0.714. The van der Waals surface area contributed by atoms with Gasteiger partial charge < -0.3 is 15.5 Å². The van der Waals surface area contributed by atoms with Crippen molar-refractivity contribution in [2.75, 3.05) is 33.4 Å². The Bertz CT molecular complexity index is 564. The van der Waals surface area contributed by atoms with E-state index < -0.39 is 0 Å². The van der Waals surface area contributed by atoms with Gasteiger partial charge in [0.1, 0.15) is 0 Å². The van der Waals surface area contributed by atoms with Crippen molar-refractivity contribution < 1.29 is 4.79 Å². The summed E-state index contributed by atoms with van der Waals surface area (Å²) in [6.07, 6.45) is 4.27. The molecule has 1 aromatic carbocycles. The van der Waals surface area contributed by atoms with Crippen LogP contribution in [-0.2, 0) is 11.3 Å². The smallest absolute Gasteiger partial charge is 0.241 e. The van der Waals surface area contributed by atoms with Gasteiger partial charge in [0.25, 0.3) is 0 Å². The van der Waals surface area contributed by atoms with Gasteiger partial charge >= 0.3 is 0 Å². The zero-order valence-corrected chi connectivity index (χ0v) is 19.0. The largest absolute Gasteiger partial charge is 0.356 e. The van der Waals surface area contributed by atoms with Gasteiger partial charge in [0, 0.05) is 25.5 Å². The fourth-order valence-corrected chi connectivity index (χ4v) is 2.72. The van der Waals surface area contributed by atoms with E-state index in [4.69, 9.17) is 0 Å². The third-order valence-electron chi connectivity index (χ3n) is 3.58. The molecule has 0 saturated heterocycles. The molecule has 0 aliphatic heterocycles. The number of likely N-dealkylation sites (N-methyl/N-ethyl adjacent to an activating group) is 1. The number of nitrogens with one attached hydrogen (secondary N) is 2. The molecule has 0 fully saturated rings. The van der Waals surface area contributed by atoms with Gasteiger partial charge in [-0.1, -0.05) is 25.5 Å². The molecule has 1 amide bonds. The molecule has 0 unspecified atom stereocenters. The highest BCUT2D eigenvalue weighted by atomic mass is 127. The maximum atomic E-state index is 11.8. The summed E-state index contributed by atoms with van der Waals surface area (Å²) < 4.78 is 0. The van der Waals surface area contributed by atoms with Crippen LogP contribution in [0.1, 0.15) is 30.9 Å². The average Bonchev–Trinajstić information content (AvgIpc) is 2.57. The van der Waals surface area contributed by atoms with Crippen LogP contribution in [-0.4, -0.2) is 50.2 Å². The predicted molar refractivity (Wildman–Crippen MR) is 119 cm³/mol. The standard InChI is InChI=1S/C18H30N4OS.HI/c1-6-7-10-19-18(21-13-17(23)22(3)4)20-12-15-9-8-14(2)11-16(15)24-5;/h8-9,11H,6-7,10,12-13H2,1-5H3,(H2,19,20,21);1H. The maximum Gasteiger partial charge on any atom is 0.241 e. The Morgan fingerprint density at radius 1 is 1.28 bits per heavy atom. The maximum absolute atomic E-state index is 11.8. The minimum atomic E-state index is 0. The van der Waals surface area contributed by atoms with Crippen molar-refractivity contribution in [2.45, 2.75) is 38.1 Å². The van der Waals surface area contributed by atoms with E-state index >= 15 is 0 Å². The van der Waals surface area contributed by atoms with Crippen LogP contribution >= 0.6 is 35.7 Å². The molecule has 0 saturated carbocycles. The highest BCUT2D eigenvalue weighted by molar-refractivity contribution is 14.0. The fourth-order valence-electron chi connectivity index (χ4n) is 2.02. The van der Waals surface area contributed by atoms with Gasteiger partial charge in [-0.15, -0.1) is 35.7 Å². The second-order valence-electron chi connectivity index (χ2n) is 5.90. The predicted octanol–water partition coefficient (Wildman–Crippen LogP) is 3.26. The summed E-state index contributed by atoms with van der Waals surface area (Å²) in [4.78, 5) is 19.2. The number of carbonyl (C=O) groups excluding carboxylic acids is 1. The molecule has 0 aliphatic rings. The molecular formula is C18H31IN4OS. The van der Waals surface area contributed by atoms with E-state index in [0.717, 1.165) is 19.4 Å². The molecule has 0 bridgehead atoms. The van der Waals surface area contributed by atoms with E-state index in [1.807, 2.05) is 0 Å². The Labute approximate surface area is 173 Å². The zero-order chi connectivity index (χ0) is 17.9. The van der Waals surface area contributed by atoms with Crippen molar-refractivity contribution >= 4 is 47.6 Å². The summed E-state index contributed by atoms with van der Waals surface area (Å²) in [5.41, 5.74) is 2.45. The van der Waals surface area contributed by atoms with E-state index in [9.17, 15) is 4.79 Å². The number of hydrogen-bond acceptors (Lipinski definition) is 3. The second-order valence-corrected chi connectivity index (χ2v) is 6.75. The zero-order valence-electron chi connectivity index (χ0n) is 15.9. The van der Waals surface area contributed by atoms with E-state index in [1.54, 1.807) is 30.8 Å². The number of unbranched alkanes of at least 4 members (excludes halogenated alkanes) is 1. The molecule has 0 atom stereocenters. The lowest BCUT2D eigenvalue weighted by Gasteiger charge is -2.15. The molecule has 0 aromatic heterocycles. The van der Waals surface area contributed by atoms with Gasteiger partial charge in [0.15, 0.2) is 5.96 Å². The number of carbonyl (C=O) groups is 1. The lowest BCUT2D eigenvalue weighted by molar-refractivity contribution is -0.127. The molecule has 1 rings (SSSR count). The van der Waals surface area contributed by atoms with Gasteiger partial charge in [-0.2, -0.15) is 0 Å². The summed E-state index contributed by atoms with van der Waals surface area (Å²) in [7, 11) is 3.50. The second kappa shape index (κ2) is 13.3. The van der Waals surface area contributed by atoms with Crippen LogP contribution in [0.5, 0.6) is 0 Å². The number of rotatable bonds is 8. The Hall–Kier alpha value is -0.960. The molecule has 0 heterocycles. The first-order valence-corrected chi connectivity index (χ1v) is 9.56. The summed E-state index contributed by atoms with van der Waals surface area (Å²) in [6.45, 7) is 5.93. The van der Waals surface area contributed by atoms with Gasteiger partial charge in [-0.05, 0) is 36.8 Å². The molecule has 25 heavy (non-hydrogen) atoms. The molecule has 0 radical (unpaired) electrons. The first kappa shape index (κ1) is 24.0. The van der Waals surface area contributed by atoms with E-state index in [1.165, 1.54) is 16.0 Å². The van der Waals surface area contributed by atoms with Crippen LogP contribution in [0.2, 0.25) is 0 Å². The van der Waals surface area contributed by atoms with Crippen molar-refractivity contribution in [1.29, 1.82) is 0 Å². The van der Waals surface area contributed by atoms with Crippen molar-refractivity contribution in [3.63, 3.8) is 0 Å². The molecule has 1 aromatic rings. The van der Waals surface area contributed by atoms with Crippen molar-refractivity contribution in [1.82, 2.24) is 15.5 Å². The molecular weight excluding hydrogens is 447 g/mol. The summed E-state index contributed by atoms with van der Waals surface area (Å²) in [5, 5.41) is 6.42. The SMILES string of the molecule is CCCCNC(=NCc1ccc(C)cc1SC)NCC(=O)N(C)C.I. The third-order valence-corrected chi connectivity index (χ3v) is 4.40. The lowest BCUT2D eigenvalue weighted by Crippen LogP contribution is -2.43. The Kier molecular flexibility index (Phi) is 12.8. The lowest BCUT2D eigenvalue weighted by atomic mass is 10.1. The Morgan fingerprint density at radius 3 is 2.60 bits per heavy atom. The number of amides is 1. The van der Waals surface area contributed by atoms with Gasteiger partial charge in [-0.3, -0.25) is 4.79 Å². The van der Waals surface area contributed by atoms with E-state index in [2.05, 4.69) is 53.9 Å².